The highest BCUT2D eigenvalue weighted by atomic mass is 35.5. The molecule has 3 aromatic rings. The highest BCUT2D eigenvalue weighted by Gasteiger charge is 2.36. The van der Waals surface area contributed by atoms with Crippen molar-refractivity contribution in [1.82, 2.24) is 4.98 Å². The van der Waals surface area contributed by atoms with Crippen LogP contribution in [0, 0.1) is 11.3 Å². The van der Waals surface area contributed by atoms with E-state index in [1.54, 1.807) is 30.3 Å². The first-order valence-electron chi connectivity index (χ1n) is 7.34. The SMILES string of the molecule is N#Cc1c(C(F)(F)F)cc(-c2ccc(Cl)cc2)nc1-c1ccc(Cl)cc1. The molecule has 0 radical (unpaired) electrons. The first kappa shape index (κ1) is 18.2. The second kappa shape index (κ2) is 6.99. The zero-order valence-corrected chi connectivity index (χ0v) is 14.5. The number of halogens is 5. The van der Waals surface area contributed by atoms with Crippen molar-refractivity contribution in [1.29, 1.82) is 5.26 Å². The van der Waals surface area contributed by atoms with Crippen molar-refractivity contribution in [2.24, 2.45) is 0 Å². The zero-order valence-electron chi connectivity index (χ0n) is 13.0. The minimum Gasteiger partial charge on any atom is -0.246 e. The van der Waals surface area contributed by atoms with Crippen LogP contribution in [-0.2, 0) is 6.18 Å². The summed E-state index contributed by atoms with van der Waals surface area (Å²) in [6.07, 6.45) is -4.70. The van der Waals surface area contributed by atoms with Crippen LogP contribution in [0.15, 0.2) is 54.6 Å². The third-order valence-corrected chi connectivity index (χ3v) is 4.20. The Morgan fingerprint density at radius 2 is 1.35 bits per heavy atom. The topological polar surface area (TPSA) is 36.7 Å². The van der Waals surface area contributed by atoms with Gasteiger partial charge in [-0.2, -0.15) is 18.4 Å². The minimum absolute atomic E-state index is 0.0519. The van der Waals surface area contributed by atoms with Gasteiger partial charge in [-0.05, 0) is 30.3 Å². The summed E-state index contributed by atoms with van der Waals surface area (Å²) in [6, 6.07) is 14.9. The van der Waals surface area contributed by atoms with Gasteiger partial charge in [-0.3, -0.25) is 0 Å². The maximum absolute atomic E-state index is 13.5. The van der Waals surface area contributed by atoms with Gasteiger partial charge < -0.3 is 0 Å². The van der Waals surface area contributed by atoms with Gasteiger partial charge in [-0.1, -0.05) is 47.5 Å². The fraction of sp³-hybridized carbons (Fsp3) is 0.0526. The molecule has 1 heterocycles. The average molecular weight is 393 g/mol. The summed E-state index contributed by atoms with van der Waals surface area (Å²) < 4.78 is 40.6. The number of nitrogens with zero attached hydrogens (tertiary/aromatic N) is 2. The summed E-state index contributed by atoms with van der Waals surface area (Å²) in [5.41, 5.74) is -0.698. The summed E-state index contributed by atoms with van der Waals surface area (Å²) in [5.74, 6) is 0. The third kappa shape index (κ3) is 3.67. The van der Waals surface area contributed by atoms with Crippen molar-refractivity contribution in [3.05, 3.63) is 75.8 Å². The molecule has 0 unspecified atom stereocenters. The predicted octanol–water partition coefficient (Wildman–Crippen LogP) is 6.61. The molecule has 0 atom stereocenters. The monoisotopic (exact) mass is 392 g/mol. The first-order valence-corrected chi connectivity index (χ1v) is 8.09. The van der Waals surface area contributed by atoms with Crippen LogP contribution in [0.3, 0.4) is 0 Å². The number of hydrogen-bond donors (Lipinski definition) is 0. The molecule has 2 aromatic carbocycles. The molecule has 0 bridgehead atoms. The quantitative estimate of drug-likeness (QED) is 0.491. The van der Waals surface area contributed by atoms with Gasteiger partial charge in [-0.25, -0.2) is 4.98 Å². The number of benzene rings is 2. The normalized spacial score (nSPS) is 11.2. The van der Waals surface area contributed by atoms with E-state index < -0.39 is 17.3 Å². The summed E-state index contributed by atoms with van der Waals surface area (Å²) in [6.45, 7) is 0. The van der Waals surface area contributed by atoms with Crippen LogP contribution in [0.4, 0.5) is 13.2 Å². The molecule has 2 nitrogen and oxygen atoms in total. The van der Waals surface area contributed by atoms with Crippen molar-refractivity contribution < 1.29 is 13.2 Å². The number of alkyl halides is 3. The number of nitriles is 1. The second-order valence-electron chi connectivity index (χ2n) is 5.40. The molecule has 0 spiro atoms. The molecule has 0 N–H and O–H groups in total. The standard InChI is InChI=1S/C19H9Cl2F3N2/c20-13-5-1-11(2-6-13)17-9-16(19(22,23)24)15(10-25)18(26-17)12-3-7-14(21)8-4-12/h1-9H. The van der Waals surface area contributed by atoms with Crippen molar-refractivity contribution in [2.75, 3.05) is 0 Å². The second-order valence-corrected chi connectivity index (χ2v) is 6.27. The van der Waals surface area contributed by atoms with Crippen LogP contribution in [0.5, 0.6) is 0 Å². The van der Waals surface area contributed by atoms with Gasteiger partial charge in [0.15, 0.2) is 0 Å². The van der Waals surface area contributed by atoms with Crippen LogP contribution in [0.1, 0.15) is 11.1 Å². The molecule has 0 amide bonds. The number of hydrogen-bond acceptors (Lipinski definition) is 2. The van der Waals surface area contributed by atoms with E-state index in [0.29, 0.717) is 21.2 Å². The van der Waals surface area contributed by atoms with Gasteiger partial charge in [0.1, 0.15) is 6.07 Å². The van der Waals surface area contributed by atoms with Gasteiger partial charge in [0.25, 0.3) is 0 Å². The Morgan fingerprint density at radius 3 is 1.81 bits per heavy atom. The van der Waals surface area contributed by atoms with Gasteiger partial charge in [0, 0.05) is 21.2 Å². The van der Waals surface area contributed by atoms with E-state index in [1.165, 1.54) is 24.3 Å². The largest absolute Gasteiger partial charge is 0.417 e. The maximum atomic E-state index is 13.5. The van der Waals surface area contributed by atoms with Crippen LogP contribution in [-0.4, -0.2) is 4.98 Å². The Labute approximate surface area is 157 Å². The molecule has 3 rings (SSSR count). The maximum Gasteiger partial charge on any atom is 0.417 e. The van der Waals surface area contributed by atoms with Crippen molar-refractivity contribution in [2.45, 2.75) is 6.18 Å². The fourth-order valence-electron chi connectivity index (χ4n) is 2.47. The lowest BCUT2D eigenvalue weighted by molar-refractivity contribution is -0.137. The van der Waals surface area contributed by atoms with Crippen LogP contribution in [0.25, 0.3) is 22.5 Å². The molecular weight excluding hydrogens is 384 g/mol. The Balaban J connectivity index is 2.31. The molecule has 0 fully saturated rings. The summed E-state index contributed by atoms with van der Waals surface area (Å²) in [7, 11) is 0. The summed E-state index contributed by atoms with van der Waals surface area (Å²) >= 11 is 11.7. The average Bonchev–Trinajstić information content (AvgIpc) is 2.61. The molecule has 1 aromatic heterocycles. The summed E-state index contributed by atoms with van der Waals surface area (Å²) in [5, 5.41) is 10.2. The molecule has 0 saturated heterocycles. The molecule has 7 heteroatoms. The lowest BCUT2D eigenvalue weighted by Gasteiger charge is -2.15. The lowest BCUT2D eigenvalue weighted by atomic mass is 9.98. The van der Waals surface area contributed by atoms with Crippen LogP contribution in [0.2, 0.25) is 10.0 Å². The minimum atomic E-state index is -4.70. The van der Waals surface area contributed by atoms with E-state index >= 15 is 0 Å². The van der Waals surface area contributed by atoms with E-state index in [9.17, 15) is 18.4 Å². The Bertz CT molecular complexity index is 990. The molecule has 130 valence electrons. The molecule has 26 heavy (non-hydrogen) atoms. The van der Waals surface area contributed by atoms with Crippen molar-refractivity contribution in [3.63, 3.8) is 0 Å². The van der Waals surface area contributed by atoms with E-state index in [2.05, 4.69) is 4.98 Å². The molecular formula is C19H9Cl2F3N2. The number of pyridine rings is 1. The lowest BCUT2D eigenvalue weighted by Crippen LogP contribution is -2.10. The first-order chi connectivity index (χ1) is 12.3. The number of aromatic nitrogens is 1. The Morgan fingerprint density at radius 1 is 0.846 bits per heavy atom. The molecule has 0 aliphatic rings. The molecule has 0 saturated carbocycles. The number of rotatable bonds is 2. The van der Waals surface area contributed by atoms with Gasteiger partial charge in [0.05, 0.1) is 22.5 Å². The van der Waals surface area contributed by atoms with E-state index in [-0.39, 0.29) is 11.4 Å². The van der Waals surface area contributed by atoms with Crippen LogP contribution >= 0.6 is 23.2 Å². The summed E-state index contributed by atoms with van der Waals surface area (Å²) in [4.78, 5) is 4.31. The van der Waals surface area contributed by atoms with Gasteiger partial charge in [0.2, 0.25) is 0 Å². The van der Waals surface area contributed by atoms with Crippen molar-refractivity contribution in [3.8, 4) is 28.6 Å². The van der Waals surface area contributed by atoms with E-state index in [0.717, 1.165) is 6.07 Å². The molecule has 0 aliphatic heterocycles. The highest BCUT2D eigenvalue weighted by Crippen LogP contribution is 2.38. The molecule has 0 aliphatic carbocycles. The van der Waals surface area contributed by atoms with Gasteiger partial charge >= 0.3 is 6.18 Å². The smallest absolute Gasteiger partial charge is 0.246 e. The third-order valence-electron chi connectivity index (χ3n) is 3.69. The predicted molar refractivity (Wildman–Crippen MR) is 94.8 cm³/mol. The Hall–Kier alpha value is -2.55. The fourth-order valence-corrected chi connectivity index (χ4v) is 2.72. The Kier molecular flexibility index (Phi) is 4.90. The van der Waals surface area contributed by atoms with E-state index in [1.807, 2.05) is 0 Å². The zero-order chi connectivity index (χ0) is 18.9. The van der Waals surface area contributed by atoms with Crippen molar-refractivity contribution >= 4 is 23.2 Å². The van der Waals surface area contributed by atoms with E-state index in [4.69, 9.17) is 23.2 Å². The highest BCUT2D eigenvalue weighted by molar-refractivity contribution is 6.30. The van der Waals surface area contributed by atoms with Crippen LogP contribution < -0.4 is 0 Å². The van der Waals surface area contributed by atoms with Gasteiger partial charge in [-0.15, -0.1) is 0 Å².